The number of benzene rings is 1. The molecular formula is C18H26FIN4OS2. The molecule has 150 valence electrons. The smallest absolute Gasteiger partial charge is 0.193 e. The fourth-order valence-electron chi connectivity index (χ4n) is 2.27. The van der Waals surface area contributed by atoms with E-state index in [9.17, 15) is 4.39 Å². The SMILES string of the molecule is CN=C(NCCSc1ccccc1F)N(C)Cc1csc(C(C)OC)n1.I. The second-order valence-corrected chi connectivity index (χ2v) is 7.69. The molecule has 1 atom stereocenters. The Hall–Kier alpha value is -0.910. The maximum Gasteiger partial charge on any atom is 0.193 e. The third kappa shape index (κ3) is 7.55. The summed E-state index contributed by atoms with van der Waals surface area (Å²) in [6.45, 7) is 3.34. The first kappa shape index (κ1) is 24.1. The van der Waals surface area contributed by atoms with Crippen LogP contribution in [0.5, 0.6) is 0 Å². The Bertz CT molecular complexity index is 729. The maximum absolute atomic E-state index is 13.6. The van der Waals surface area contributed by atoms with Crippen molar-refractivity contribution in [3.63, 3.8) is 0 Å². The largest absolute Gasteiger partial charge is 0.375 e. The number of nitrogens with one attached hydrogen (secondary N) is 1. The van der Waals surface area contributed by atoms with E-state index < -0.39 is 0 Å². The fraction of sp³-hybridized carbons (Fsp3) is 0.444. The Labute approximate surface area is 185 Å². The number of thiazole rings is 1. The first-order valence-electron chi connectivity index (χ1n) is 8.31. The summed E-state index contributed by atoms with van der Waals surface area (Å²) in [7, 11) is 5.41. The predicted octanol–water partition coefficient (Wildman–Crippen LogP) is 4.41. The van der Waals surface area contributed by atoms with Gasteiger partial charge in [0.15, 0.2) is 5.96 Å². The van der Waals surface area contributed by atoms with Crippen LogP contribution in [0.2, 0.25) is 0 Å². The molecule has 0 saturated heterocycles. The highest BCUT2D eigenvalue weighted by molar-refractivity contribution is 14.0. The Morgan fingerprint density at radius 2 is 2.19 bits per heavy atom. The second kappa shape index (κ2) is 12.5. The Balaban J connectivity index is 0.00000364. The van der Waals surface area contributed by atoms with E-state index >= 15 is 0 Å². The summed E-state index contributed by atoms with van der Waals surface area (Å²) in [5.41, 5.74) is 0.986. The van der Waals surface area contributed by atoms with Gasteiger partial charge in [0.25, 0.3) is 0 Å². The summed E-state index contributed by atoms with van der Waals surface area (Å²) in [5.74, 6) is 1.36. The lowest BCUT2D eigenvalue weighted by molar-refractivity contribution is 0.119. The molecular weight excluding hydrogens is 498 g/mol. The number of aliphatic imine (C=N–C) groups is 1. The third-order valence-corrected chi connectivity index (χ3v) is 5.83. The number of guanidine groups is 1. The molecule has 2 rings (SSSR count). The highest BCUT2D eigenvalue weighted by Crippen LogP contribution is 2.21. The standard InChI is InChI=1S/C18H25FN4OS2.HI/c1-13(24-4)17-22-14(12-26-17)11-23(3)18(20-2)21-9-10-25-16-8-6-5-7-15(16)19;/h5-8,12-13H,9-11H2,1-4H3,(H,20,21);1H. The van der Waals surface area contributed by atoms with Gasteiger partial charge in [-0.05, 0) is 19.1 Å². The van der Waals surface area contributed by atoms with Crippen molar-refractivity contribution in [3.05, 3.63) is 46.2 Å². The van der Waals surface area contributed by atoms with Crippen molar-refractivity contribution < 1.29 is 9.13 Å². The van der Waals surface area contributed by atoms with Gasteiger partial charge in [-0.2, -0.15) is 0 Å². The van der Waals surface area contributed by atoms with Gasteiger partial charge < -0.3 is 15.0 Å². The molecule has 0 aliphatic heterocycles. The number of ether oxygens (including phenoxy) is 1. The average molecular weight is 524 g/mol. The zero-order valence-electron chi connectivity index (χ0n) is 15.9. The lowest BCUT2D eigenvalue weighted by Gasteiger charge is -2.21. The highest BCUT2D eigenvalue weighted by Gasteiger charge is 2.12. The number of thioether (sulfide) groups is 1. The van der Waals surface area contributed by atoms with Crippen LogP contribution >= 0.6 is 47.1 Å². The molecule has 0 aliphatic rings. The molecule has 9 heteroatoms. The zero-order valence-corrected chi connectivity index (χ0v) is 19.9. The van der Waals surface area contributed by atoms with Crippen molar-refractivity contribution in [1.82, 2.24) is 15.2 Å². The molecule has 1 aromatic heterocycles. The van der Waals surface area contributed by atoms with E-state index in [0.29, 0.717) is 18.0 Å². The summed E-state index contributed by atoms with van der Waals surface area (Å²) in [6.07, 6.45) is 0.00639. The van der Waals surface area contributed by atoms with Crippen LogP contribution in [-0.4, -0.2) is 49.3 Å². The molecule has 0 fully saturated rings. The van der Waals surface area contributed by atoms with Crippen LogP contribution in [0.15, 0.2) is 39.5 Å². The van der Waals surface area contributed by atoms with Gasteiger partial charge in [0, 0.05) is 43.8 Å². The van der Waals surface area contributed by atoms with Crippen LogP contribution in [-0.2, 0) is 11.3 Å². The number of hydrogen-bond donors (Lipinski definition) is 1. The average Bonchev–Trinajstić information content (AvgIpc) is 3.10. The van der Waals surface area contributed by atoms with Gasteiger partial charge >= 0.3 is 0 Å². The van der Waals surface area contributed by atoms with E-state index in [1.54, 1.807) is 37.6 Å². The lowest BCUT2D eigenvalue weighted by Crippen LogP contribution is -2.39. The van der Waals surface area contributed by atoms with Gasteiger partial charge in [0.05, 0.1) is 12.2 Å². The van der Waals surface area contributed by atoms with Crippen molar-refractivity contribution in [2.75, 3.05) is 33.5 Å². The normalized spacial score (nSPS) is 12.4. The summed E-state index contributed by atoms with van der Waals surface area (Å²) in [6, 6.07) is 6.82. The number of methoxy groups -OCH3 is 1. The van der Waals surface area contributed by atoms with Gasteiger partial charge in [-0.15, -0.1) is 47.1 Å². The van der Waals surface area contributed by atoms with Crippen molar-refractivity contribution in [1.29, 1.82) is 0 Å². The molecule has 1 unspecified atom stereocenters. The monoisotopic (exact) mass is 524 g/mol. The summed E-state index contributed by atoms with van der Waals surface area (Å²) >= 11 is 3.09. The van der Waals surface area contributed by atoms with Crippen LogP contribution in [0.1, 0.15) is 23.7 Å². The lowest BCUT2D eigenvalue weighted by atomic mass is 10.3. The predicted molar refractivity (Wildman–Crippen MR) is 123 cm³/mol. The topological polar surface area (TPSA) is 49.8 Å². The van der Waals surface area contributed by atoms with Crippen molar-refractivity contribution in [2.24, 2.45) is 4.99 Å². The molecule has 1 heterocycles. The zero-order chi connectivity index (χ0) is 18.9. The highest BCUT2D eigenvalue weighted by atomic mass is 127. The van der Waals surface area contributed by atoms with E-state index in [-0.39, 0.29) is 35.9 Å². The van der Waals surface area contributed by atoms with E-state index in [1.165, 1.54) is 17.8 Å². The van der Waals surface area contributed by atoms with Crippen molar-refractivity contribution in [2.45, 2.75) is 24.5 Å². The molecule has 0 spiro atoms. The fourth-order valence-corrected chi connectivity index (χ4v) is 3.92. The summed E-state index contributed by atoms with van der Waals surface area (Å²) in [5, 5.41) is 6.32. The van der Waals surface area contributed by atoms with Crippen molar-refractivity contribution >= 4 is 53.0 Å². The minimum Gasteiger partial charge on any atom is -0.375 e. The quantitative estimate of drug-likeness (QED) is 0.182. The molecule has 27 heavy (non-hydrogen) atoms. The molecule has 0 aliphatic carbocycles. The molecule has 0 bridgehead atoms. The second-order valence-electron chi connectivity index (χ2n) is 5.66. The first-order chi connectivity index (χ1) is 12.5. The van der Waals surface area contributed by atoms with Crippen molar-refractivity contribution in [3.8, 4) is 0 Å². The van der Waals surface area contributed by atoms with E-state index in [2.05, 4.69) is 15.3 Å². The Kier molecular flexibility index (Phi) is 11.2. The number of aromatic nitrogens is 1. The molecule has 1 N–H and O–H groups in total. The first-order valence-corrected chi connectivity index (χ1v) is 10.2. The molecule has 0 radical (unpaired) electrons. The Morgan fingerprint density at radius 1 is 1.44 bits per heavy atom. The minimum absolute atomic E-state index is 0. The van der Waals surface area contributed by atoms with E-state index in [0.717, 1.165) is 22.4 Å². The van der Waals surface area contributed by atoms with Gasteiger partial charge in [-0.25, -0.2) is 9.37 Å². The van der Waals surface area contributed by atoms with E-state index in [4.69, 9.17) is 4.74 Å². The number of nitrogens with zero attached hydrogens (tertiary/aromatic N) is 3. The van der Waals surface area contributed by atoms with Crippen LogP contribution in [0.4, 0.5) is 4.39 Å². The summed E-state index contributed by atoms with van der Waals surface area (Å²) in [4.78, 5) is 11.6. The number of halogens is 2. The van der Waals surface area contributed by atoms with Crippen LogP contribution in [0.3, 0.4) is 0 Å². The number of hydrogen-bond acceptors (Lipinski definition) is 5. The van der Waals surface area contributed by atoms with Crippen LogP contribution in [0, 0.1) is 5.82 Å². The minimum atomic E-state index is -0.177. The van der Waals surface area contributed by atoms with Gasteiger partial charge in [0.2, 0.25) is 0 Å². The molecule has 1 aromatic carbocycles. The van der Waals surface area contributed by atoms with Gasteiger partial charge in [0.1, 0.15) is 16.9 Å². The summed E-state index contributed by atoms with van der Waals surface area (Å²) < 4.78 is 18.9. The molecule has 0 saturated carbocycles. The third-order valence-electron chi connectivity index (χ3n) is 3.72. The van der Waals surface area contributed by atoms with E-state index in [1.807, 2.05) is 30.3 Å². The van der Waals surface area contributed by atoms with Gasteiger partial charge in [-0.3, -0.25) is 4.99 Å². The Morgan fingerprint density at radius 3 is 2.85 bits per heavy atom. The van der Waals surface area contributed by atoms with Crippen LogP contribution < -0.4 is 5.32 Å². The van der Waals surface area contributed by atoms with Gasteiger partial charge in [-0.1, -0.05) is 12.1 Å². The number of rotatable bonds is 8. The molecule has 2 aromatic rings. The molecule has 5 nitrogen and oxygen atoms in total. The molecule has 0 amide bonds. The van der Waals surface area contributed by atoms with Crippen LogP contribution in [0.25, 0.3) is 0 Å². The maximum atomic E-state index is 13.6.